The quantitative estimate of drug-likeness (QED) is 0.724. The van der Waals surface area contributed by atoms with Crippen molar-refractivity contribution in [1.82, 2.24) is 4.90 Å². The van der Waals surface area contributed by atoms with Crippen molar-refractivity contribution in [3.05, 3.63) is 53.8 Å². The van der Waals surface area contributed by atoms with Crippen LogP contribution in [0.15, 0.2) is 42.5 Å². The molecule has 0 bridgehead atoms. The van der Waals surface area contributed by atoms with Gasteiger partial charge in [0.1, 0.15) is 17.3 Å². The van der Waals surface area contributed by atoms with E-state index in [4.69, 9.17) is 9.47 Å². The van der Waals surface area contributed by atoms with E-state index in [2.05, 4.69) is 22.3 Å². The Hall–Kier alpha value is -2.60. The van der Waals surface area contributed by atoms with Crippen molar-refractivity contribution in [3.63, 3.8) is 0 Å². The summed E-state index contributed by atoms with van der Waals surface area (Å²) in [5, 5.41) is 2.66. The van der Waals surface area contributed by atoms with Crippen LogP contribution in [0.3, 0.4) is 0 Å². The highest BCUT2D eigenvalue weighted by molar-refractivity contribution is 5.92. The number of para-hydroxylation sites is 1. The number of aryl methyl sites for hydroxylation is 1. The van der Waals surface area contributed by atoms with Gasteiger partial charge in [0.2, 0.25) is 5.91 Å². The number of anilines is 1. The number of likely N-dealkylation sites (tertiary alicyclic amines) is 1. The Kier molecular flexibility index (Phi) is 7.47. The number of rotatable bonds is 8. The number of piperidine rings is 1. The van der Waals surface area contributed by atoms with Crippen molar-refractivity contribution < 1.29 is 18.7 Å². The summed E-state index contributed by atoms with van der Waals surface area (Å²) in [6.07, 6.45) is 4.21. The number of ether oxygens (including phenoxy) is 2. The average Bonchev–Trinajstić information content (AvgIpc) is 2.74. The van der Waals surface area contributed by atoms with Crippen LogP contribution >= 0.6 is 0 Å². The third-order valence-electron chi connectivity index (χ3n) is 5.47. The molecule has 29 heavy (non-hydrogen) atoms. The van der Waals surface area contributed by atoms with Gasteiger partial charge in [-0.3, -0.25) is 9.69 Å². The van der Waals surface area contributed by atoms with Gasteiger partial charge in [-0.2, -0.15) is 0 Å². The van der Waals surface area contributed by atoms with Gasteiger partial charge in [0.15, 0.2) is 0 Å². The number of halogens is 1. The van der Waals surface area contributed by atoms with Crippen LogP contribution in [0, 0.1) is 11.7 Å². The molecule has 156 valence electrons. The van der Waals surface area contributed by atoms with Gasteiger partial charge in [0.25, 0.3) is 0 Å². The Morgan fingerprint density at radius 3 is 2.38 bits per heavy atom. The number of benzene rings is 2. The Balaban J connectivity index is 1.42. The van der Waals surface area contributed by atoms with Crippen LogP contribution in [-0.2, 0) is 11.2 Å². The zero-order valence-corrected chi connectivity index (χ0v) is 17.1. The molecule has 5 nitrogen and oxygen atoms in total. The second kappa shape index (κ2) is 10.3. The van der Waals surface area contributed by atoms with Crippen molar-refractivity contribution in [2.75, 3.05) is 39.2 Å². The van der Waals surface area contributed by atoms with Gasteiger partial charge < -0.3 is 14.8 Å². The van der Waals surface area contributed by atoms with Gasteiger partial charge in [-0.1, -0.05) is 12.1 Å². The predicted octanol–water partition coefficient (Wildman–Crippen LogP) is 4.13. The molecular formula is C23H29FN2O3. The number of hydrogen-bond acceptors (Lipinski definition) is 4. The van der Waals surface area contributed by atoms with E-state index in [1.165, 1.54) is 11.6 Å². The molecule has 0 aliphatic carbocycles. The molecule has 6 heteroatoms. The van der Waals surface area contributed by atoms with E-state index in [0.717, 1.165) is 50.3 Å². The molecule has 0 saturated carbocycles. The van der Waals surface area contributed by atoms with Gasteiger partial charge in [-0.05, 0) is 74.5 Å². The van der Waals surface area contributed by atoms with Gasteiger partial charge in [0.05, 0.1) is 26.5 Å². The molecule has 1 saturated heterocycles. The molecule has 2 aromatic carbocycles. The number of methoxy groups -OCH3 is 2. The van der Waals surface area contributed by atoms with Crippen LogP contribution in [0.5, 0.6) is 11.5 Å². The molecule has 1 amide bonds. The topological polar surface area (TPSA) is 50.8 Å². The molecule has 0 radical (unpaired) electrons. The summed E-state index contributed by atoms with van der Waals surface area (Å²) in [6, 6.07) is 12.2. The Bertz CT molecular complexity index is 797. The standard InChI is InChI=1S/C23H29FN2O3/c1-28-19-13-18(14-20(15-19)29-2)8-7-17-9-11-26(12-10-17)16-23(27)25-22-6-4-3-5-21(22)24/h3-6,13-15,17H,7-12,16H2,1-2H3,(H,25,27). The highest BCUT2D eigenvalue weighted by atomic mass is 19.1. The van der Waals surface area contributed by atoms with E-state index >= 15 is 0 Å². The lowest BCUT2D eigenvalue weighted by atomic mass is 9.90. The van der Waals surface area contributed by atoms with Crippen LogP contribution in [0.4, 0.5) is 10.1 Å². The third-order valence-corrected chi connectivity index (χ3v) is 5.47. The van der Waals surface area contributed by atoms with E-state index < -0.39 is 5.82 Å². The van der Waals surface area contributed by atoms with Crippen molar-refractivity contribution in [2.24, 2.45) is 5.92 Å². The van der Waals surface area contributed by atoms with Crippen LogP contribution in [0.2, 0.25) is 0 Å². The van der Waals surface area contributed by atoms with E-state index in [1.807, 2.05) is 6.07 Å². The predicted molar refractivity (Wildman–Crippen MR) is 112 cm³/mol. The minimum atomic E-state index is -0.409. The smallest absolute Gasteiger partial charge is 0.238 e. The van der Waals surface area contributed by atoms with E-state index in [-0.39, 0.29) is 11.6 Å². The van der Waals surface area contributed by atoms with E-state index in [1.54, 1.807) is 32.4 Å². The highest BCUT2D eigenvalue weighted by Crippen LogP contribution is 2.27. The number of carbonyl (C=O) groups is 1. The molecular weight excluding hydrogens is 371 g/mol. The zero-order chi connectivity index (χ0) is 20.6. The first-order valence-electron chi connectivity index (χ1n) is 10.1. The largest absolute Gasteiger partial charge is 0.497 e. The Morgan fingerprint density at radius 2 is 1.76 bits per heavy atom. The van der Waals surface area contributed by atoms with Gasteiger partial charge in [0, 0.05) is 6.07 Å². The summed E-state index contributed by atoms with van der Waals surface area (Å²) in [4.78, 5) is 14.3. The number of amides is 1. The van der Waals surface area contributed by atoms with Gasteiger partial charge >= 0.3 is 0 Å². The molecule has 0 atom stereocenters. The summed E-state index contributed by atoms with van der Waals surface area (Å²) in [6.45, 7) is 2.07. The SMILES string of the molecule is COc1cc(CCC2CCN(CC(=O)Nc3ccccc3F)CC2)cc(OC)c1. The van der Waals surface area contributed by atoms with Crippen molar-refractivity contribution in [3.8, 4) is 11.5 Å². The number of nitrogens with one attached hydrogen (secondary N) is 1. The summed E-state index contributed by atoms with van der Waals surface area (Å²) in [5.41, 5.74) is 1.45. The fraction of sp³-hybridized carbons (Fsp3) is 0.435. The lowest BCUT2D eigenvalue weighted by Crippen LogP contribution is -2.39. The van der Waals surface area contributed by atoms with Crippen LogP contribution < -0.4 is 14.8 Å². The Morgan fingerprint density at radius 1 is 1.10 bits per heavy atom. The summed E-state index contributed by atoms with van der Waals surface area (Å²) in [5.74, 6) is 1.69. The van der Waals surface area contributed by atoms with Gasteiger partial charge in [-0.15, -0.1) is 0 Å². The molecule has 3 rings (SSSR count). The molecule has 0 spiro atoms. The van der Waals surface area contributed by atoms with E-state index in [0.29, 0.717) is 12.5 Å². The fourth-order valence-corrected chi connectivity index (χ4v) is 3.77. The summed E-state index contributed by atoms with van der Waals surface area (Å²) < 4.78 is 24.3. The second-order valence-corrected chi connectivity index (χ2v) is 7.51. The minimum Gasteiger partial charge on any atom is -0.497 e. The highest BCUT2D eigenvalue weighted by Gasteiger charge is 2.21. The average molecular weight is 400 g/mol. The number of carbonyl (C=O) groups excluding carboxylic acids is 1. The lowest BCUT2D eigenvalue weighted by molar-refractivity contribution is -0.117. The summed E-state index contributed by atoms with van der Waals surface area (Å²) in [7, 11) is 3.33. The van der Waals surface area contributed by atoms with Crippen molar-refractivity contribution in [2.45, 2.75) is 25.7 Å². The first-order valence-corrected chi connectivity index (χ1v) is 10.1. The van der Waals surface area contributed by atoms with Crippen molar-refractivity contribution in [1.29, 1.82) is 0 Å². The fourth-order valence-electron chi connectivity index (χ4n) is 3.77. The van der Waals surface area contributed by atoms with Crippen LogP contribution in [0.25, 0.3) is 0 Å². The molecule has 0 aromatic heterocycles. The molecule has 0 unspecified atom stereocenters. The third kappa shape index (κ3) is 6.19. The van der Waals surface area contributed by atoms with Crippen LogP contribution in [0.1, 0.15) is 24.8 Å². The number of nitrogens with zero attached hydrogens (tertiary/aromatic N) is 1. The first-order chi connectivity index (χ1) is 14.1. The normalized spacial score (nSPS) is 15.1. The number of hydrogen-bond donors (Lipinski definition) is 1. The maximum Gasteiger partial charge on any atom is 0.238 e. The Labute approximate surface area is 171 Å². The van der Waals surface area contributed by atoms with E-state index in [9.17, 15) is 9.18 Å². The zero-order valence-electron chi connectivity index (χ0n) is 17.1. The van der Waals surface area contributed by atoms with Crippen molar-refractivity contribution >= 4 is 11.6 Å². The summed E-state index contributed by atoms with van der Waals surface area (Å²) >= 11 is 0. The molecule has 1 aliphatic heterocycles. The minimum absolute atomic E-state index is 0.169. The second-order valence-electron chi connectivity index (χ2n) is 7.51. The first kappa shape index (κ1) is 21.1. The molecule has 2 aromatic rings. The molecule has 1 aliphatic rings. The molecule has 1 N–H and O–H groups in total. The maximum absolute atomic E-state index is 13.7. The van der Waals surface area contributed by atoms with Crippen LogP contribution in [-0.4, -0.2) is 44.7 Å². The molecule has 1 heterocycles. The monoisotopic (exact) mass is 400 g/mol. The molecule has 1 fully saturated rings. The maximum atomic E-state index is 13.7. The van der Waals surface area contributed by atoms with Gasteiger partial charge in [-0.25, -0.2) is 4.39 Å². The lowest BCUT2D eigenvalue weighted by Gasteiger charge is -2.31.